The lowest BCUT2D eigenvalue weighted by molar-refractivity contribution is -0.150. The molecule has 5 heteroatoms. The first-order chi connectivity index (χ1) is 8.67. The average molecular weight is 254 g/mol. The SMILES string of the molecule is CCC1NC(=O)C(CC)N(CC2CCOC2)C1=O. The Kier molecular flexibility index (Phi) is 4.22. The van der Waals surface area contributed by atoms with Crippen LogP contribution in [0.1, 0.15) is 33.1 Å². The van der Waals surface area contributed by atoms with Gasteiger partial charge in [0.15, 0.2) is 0 Å². The van der Waals surface area contributed by atoms with Gasteiger partial charge in [-0.25, -0.2) is 0 Å². The van der Waals surface area contributed by atoms with Crippen molar-refractivity contribution in [2.24, 2.45) is 5.92 Å². The number of rotatable bonds is 4. The Bertz CT molecular complexity index is 326. The second-order valence-electron chi connectivity index (χ2n) is 5.11. The first kappa shape index (κ1) is 13.3. The van der Waals surface area contributed by atoms with Gasteiger partial charge >= 0.3 is 0 Å². The van der Waals surface area contributed by atoms with Crippen molar-refractivity contribution in [3.05, 3.63) is 0 Å². The van der Waals surface area contributed by atoms with Crippen LogP contribution in [0.2, 0.25) is 0 Å². The molecule has 2 rings (SSSR count). The largest absolute Gasteiger partial charge is 0.381 e. The fraction of sp³-hybridized carbons (Fsp3) is 0.846. The molecule has 0 saturated carbocycles. The summed E-state index contributed by atoms with van der Waals surface area (Å²) in [6, 6.07) is -0.650. The minimum absolute atomic E-state index is 0.0112. The van der Waals surface area contributed by atoms with E-state index in [0.717, 1.165) is 13.0 Å². The highest BCUT2D eigenvalue weighted by molar-refractivity contribution is 5.96. The van der Waals surface area contributed by atoms with Gasteiger partial charge in [0.25, 0.3) is 0 Å². The zero-order valence-corrected chi connectivity index (χ0v) is 11.1. The number of nitrogens with one attached hydrogen (secondary N) is 1. The van der Waals surface area contributed by atoms with Gasteiger partial charge in [0.05, 0.1) is 6.61 Å². The Labute approximate surface area is 108 Å². The van der Waals surface area contributed by atoms with Gasteiger partial charge in [-0.15, -0.1) is 0 Å². The average Bonchev–Trinajstić information content (AvgIpc) is 2.86. The second kappa shape index (κ2) is 5.69. The third-order valence-corrected chi connectivity index (χ3v) is 3.85. The van der Waals surface area contributed by atoms with Gasteiger partial charge in [0.2, 0.25) is 11.8 Å². The Morgan fingerprint density at radius 3 is 2.67 bits per heavy atom. The number of hydrogen-bond donors (Lipinski definition) is 1. The van der Waals surface area contributed by atoms with E-state index in [1.54, 1.807) is 4.90 Å². The van der Waals surface area contributed by atoms with Gasteiger partial charge < -0.3 is 15.0 Å². The molecule has 0 aromatic heterocycles. The molecule has 0 aromatic carbocycles. The van der Waals surface area contributed by atoms with Gasteiger partial charge in [-0.05, 0) is 19.3 Å². The van der Waals surface area contributed by atoms with Crippen molar-refractivity contribution in [1.82, 2.24) is 10.2 Å². The van der Waals surface area contributed by atoms with Gasteiger partial charge in [0, 0.05) is 19.1 Å². The highest BCUT2D eigenvalue weighted by Crippen LogP contribution is 2.20. The van der Waals surface area contributed by atoms with Crippen molar-refractivity contribution in [1.29, 1.82) is 0 Å². The summed E-state index contributed by atoms with van der Waals surface area (Å²) >= 11 is 0. The van der Waals surface area contributed by atoms with Crippen molar-refractivity contribution >= 4 is 11.8 Å². The molecule has 2 aliphatic rings. The summed E-state index contributed by atoms with van der Waals surface area (Å²) in [6.45, 7) is 6.00. The number of amides is 2. The summed E-state index contributed by atoms with van der Waals surface area (Å²) in [4.78, 5) is 26.1. The molecule has 1 N–H and O–H groups in total. The number of piperazine rings is 1. The van der Waals surface area contributed by atoms with Gasteiger partial charge in [-0.1, -0.05) is 13.8 Å². The molecule has 3 unspecified atom stereocenters. The molecule has 2 fully saturated rings. The molecule has 0 bridgehead atoms. The lowest BCUT2D eigenvalue weighted by atomic mass is 10.00. The van der Waals surface area contributed by atoms with E-state index in [2.05, 4.69) is 5.32 Å². The summed E-state index contributed by atoms with van der Waals surface area (Å²) in [7, 11) is 0. The van der Waals surface area contributed by atoms with Crippen LogP contribution in [0.4, 0.5) is 0 Å². The third-order valence-electron chi connectivity index (χ3n) is 3.85. The molecule has 5 nitrogen and oxygen atoms in total. The van der Waals surface area contributed by atoms with Crippen molar-refractivity contribution in [2.75, 3.05) is 19.8 Å². The number of ether oxygens (including phenoxy) is 1. The Morgan fingerprint density at radius 1 is 1.33 bits per heavy atom. The molecule has 2 amide bonds. The number of hydrogen-bond acceptors (Lipinski definition) is 3. The van der Waals surface area contributed by atoms with Crippen LogP contribution in [-0.2, 0) is 14.3 Å². The molecule has 0 spiro atoms. The highest BCUT2D eigenvalue weighted by atomic mass is 16.5. The van der Waals surface area contributed by atoms with E-state index < -0.39 is 0 Å². The maximum atomic E-state index is 12.3. The number of nitrogens with zero attached hydrogens (tertiary/aromatic N) is 1. The van der Waals surface area contributed by atoms with Crippen molar-refractivity contribution < 1.29 is 14.3 Å². The maximum Gasteiger partial charge on any atom is 0.245 e. The molecule has 0 aliphatic carbocycles. The minimum atomic E-state index is -0.345. The van der Waals surface area contributed by atoms with Crippen molar-refractivity contribution in [3.63, 3.8) is 0 Å². The van der Waals surface area contributed by atoms with E-state index in [-0.39, 0.29) is 23.9 Å². The fourth-order valence-corrected chi connectivity index (χ4v) is 2.73. The summed E-state index contributed by atoms with van der Waals surface area (Å²) in [5.74, 6) is 0.435. The molecule has 2 heterocycles. The van der Waals surface area contributed by atoms with E-state index in [1.165, 1.54) is 0 Å². The first-order valence-electron chi connectivity index (χ1n) is 6.86. The summed E-state index contributed by atoms with van der Waals surface area (Å²) < 4.78 is 5.34. The monoisotopic (exact) mass is 254 g/mol. The van der Waals surface area contributed by atoms with Crippen molar-refractivity contribution in [2.45, 2.75) is 45.2 Å². The van der Waals surface area contributed by atoms with Crippen LogP contribution in [0.5, 0.6) is 0 Å². The van der Waals surface area contributed by atoms with Gasteiger partial charge in [-0.3, -0.25) is 9.59 Å². The lowest BCUT2D eigenvalue weighted by Crippen LogP contribution is -2.63. The van der Waals surface area contributed by atoms with E-state index in [9.17, 15) is 9.59 Å². The molecule has 18 heavy (non-hydrogen) atoms. The lowest BCUT2D eigenvalue weighted by Gasteiger charge is -2.39. The van der Waals surface area contributed by atoms with E-state index >= 15 is 0 Å². The molecule has 0 aromatic rings. The Morgan fingerprint density at radius 2 is 2.11 bits per heavy atom. The van der Waals surface area contributed by atoms with E-state index in [4.69, 9.17) is 4.74 Å². The van der Waals surface area contributed by atoms with Crippen LogP contribution in [0.3, 0.4) is 0 Å². The maximum absolute atomic E-state index is 12.3. The van der Waals surface area contributed by atoms with Gasteiger partial charge in [0.1, 0.15) is 12.1 Å². The van der Waals surface area contributed by atoms with Gasteiger partial charge in [-0.2, -0.15) is 0 Å². The van der Waals surface area contributed by atoms with Crippen LogP contribution in [0.15, 0.2) is 0 Å². The fourth-order valence-electron chi connectivity index (χ4n) is 2.73. The summed E-state index contributed by atoms with van der Waals surface area (Å²) in [6.07, 6.45) is 2.30. The Hall–Kier alpha value is -1.10. The second-order valence-corrected chi connectivity index (χ2v) is 5.11. The van der Waals surface area contributed by atoms with E-state index in [0.29, 0.717) is 31.9 Å². The van der Waals surface area contributed by atoms with Crippen LogP contribution < -0.4 is 5.32 Å². The molecule has 2 saturated heterocycles. The van der Waals surface area contributed by atoms with E-state index in [1.807, 2.05) is 13.8 Å². The summed E-state index contributed by atoms with van der Waals surface area (Å²) in [5, 5.41) is 2.81. The van der Waals surface area contributed by atoms with Crippen LogP contribution in [0.25, 0.3) is 0 Å². The highest BCUT2D eigenvalue weighted by Gasteiger charge is 2.39. The van der Waals surface area contributed by atoms with Crippen LogP contribution >= 0.6 is 0 Å². The quantitative estimate of drug-likeness (QED) is 0.796. The Balaban J connectivity index is 2.09. The minimum Gasteiger partial charge on any atom is -0.381 e. The molecule has 3 atom stereocenters. The van der Waals surface area contributed by atoms with Crippen LogP contribution in [0, 0.1) is 5.92 Å². The smallest absolute Gasteiger partial charge is 0.245 e. The zero-order valence-electron chi connectivity index (χ0n) is 11.1. The normalized spacial score (nSPS) is 32.8. The standard InChI is InChI=1S/C13H22N2O3/c1-3-10-13(17)15(7-9-5-6-18-8-9)11(4-2)12(16)14-10/h9-11H,3-8H2,1-2H3,(H,14,16). The van der Waals surface area contributed by atoms with Crippen molar-refractivity contribution in [3.8, 4) is 0 Å². The molecular formula is C13H22N2O3. The topological polar surface area (TPSA) is 58.6 Å². The zero-order chi connectivity index (χ0) is 13.1. The summed E-state index contributed by atoms with van der Waals surface area (Å²) in [5.41, 5.74) is 0. The molecule has 0 radical (unpaired) electrons. The molecule has 102 valence electrons. The van der Waals surface area contributed by atoms with Crippen LogP contribution in [-0.4, -0.2) is 48.6 Å². The number of carbonyl (C=O) groups excluding carboxylic acids is 2. The number of carbonyl (C=O) groups is 2. The molecular weight excluding hydrogens is 232 g/mol. The predicted molar refractivity (Wildman–Crippen MR) is 66.9 cm³/mol. The first-order valence-corrected chi connectivity index (χ1v) is 6.86. The third kappa shape index (κ3) is 2.51. The molecule has 2 aliphatic heterocycles. The predicted octanol–water partition coefficient (Wildman–Crippen LogP) is 0.538.